The van der Waals surface area contributed by atoms with Gasteiger partial charge in [-0.15, -0.1) is 0 Å². The molecule has 3 N–H and O–H groups in total. The maximum absolute atomic E-state index is 13.5. The second-order valence-corrected chi connectivity index (χ2v) is 5.87. The van der Waals surface area contributed by atoms with E-state index in [4.69, 9.17) is 10.8 Å². The van der Waals surface area contributed by atoms with E-state index in [2.05, 4.69) is 4.90 Å². The fourth-order valence-corrected chi connectivity index (χ4v) is 3.31. The molecule has 112 valence electrons. The van der Waals surface area contributed by atoms with Gasteiger partial charge in [-0.2, -0.15) is 0 Å². The summed E-state index contributed by atoms with van der Waals surface area (Å²) in [4.78, 5) is 2.35. The molecule has 1 aromatic rings. The molecule has 1 heterocycles. The van der Waals surface area contributed by atoms with Crippen molar-refractivity contribution in [1.29, 1.82) is 0 Å². The van der Waals surface area contributed by atoms with Crippen LogP contribution in [0.4, 0.5) is 4.39 Å². The molecule has 3 atom stereocenters. The van der Waals surface area contributed by atoms with Crippen molar-refractivity contribution in [3.05, 3.63) is 35.6 Å². The second kappa shape index (κ2) is 7.16. The highest BCUT2D eigenvalue weighted by Gasteiger charge is 2.29. The number of likely N-dealkylation sites (tertiary alicyclic amines) is 1. The smallest absolute Gasteiger partial charge is 0.123 e. The third-order valence-corrected chi connectivity index (χ3v) is 4.17. The number of halogens is 1. The lowest BCUT2D eigenvalue weighted by Gasteiger charge is -2.40. The number of hydrogen-bond donors (Lipinski definition) is 2. The average Bonchev–Trinajstić information content (AvgIpc) is 2.39. The highest BCUT2D eigenvalue weighted by molar-refractivity contribution is 5.22. The van der Waals surface area contributed by atoms with Gasteiger partial charge in [0.25, 0.3) is 0 Å². The van der Waals surface area contributed by atoms with E-state index < -0.39 is 0 Å². The molecule has 0 spiro atoms. The Morgan fingerprint density at radius 3 is 2.95 bits per heavy atom. The standard InChI is InChI=1S/C16H25FN2O/c1-12(18)16(14-5-2-6-15(17)10-14)19-8-3-4-13(11-19)7-9-20/h2,5-6,10,12-13,16,20H,3-4,7-9,11,18H2,1H3. The number of rotatable bonds is 5. The van der Waals surface area contributed by atoms with Crippen molar-refractivity contribution in [1.82, 2.24) is 4.90 Å². The van der Waals surface area contributed by atoms with Crippen LogP contribution in [0.25, 0.3) is 0 Å². The van der Waals surface area contributed by atoms with E-state index in [1.54, 1.807) is 12.1 Å². The Labute approximate surface area is 120 Å². The summed E-state index contributed by atoms with van der Waals surface area (Å²) in [5, 5.41) is 9.11. The van der Waals surface area contributed by atoms with Crippen LogP contribution in [0, 0.1) is 11.7 Å². The first-order chi connectivity index (χ1) is 9.61. The van der Waals surface area contributed by atoms with Gasteiger partial charge in [-0.25, -0.2) is 4.39 Å². The molecule has 1 aromatic carbocycles. The zero-order valence-corrected chi connectivity index (χ0v) is 12.1. The molecular formula is C16H25FN2O. The summed E-state index contributed by atoms with van der Waals surface area (Å²) in [5.41, 5.74) is 7.10. The molecule has 2 rings (SSSR count). The van der Waals surface area contributed by atoms with Gasteiger partial charge in [0.2, 0.25) is 0 Å². The lowest BCUT2D eigenvalue weighted by atomic mass is 9.90. The number of nitrogens with two attached hydrogens (primary N) is 1. The topological polar surface area (TPSA) is 49.5 Å². The van der Waals surface area contributed by atoms with Crippen molar-refractivity contribution in [3.8, 4) is 0 Å². The third kappa shape index (κ3) is 3.78. The highest BCUT2D eigenvalue weighted by Crippen LogP contribution is 2.30. The summed E-state index contributed by atoms with van der Waals surface area (Å²) in [5.74, 6) is 0.306. The average molecular weight is 280 g/mol. The van der Waals surface area contributed by atoms with Gasteiger partial charge >= 0.3 is 0 Å². The first kappa shape index (κ1) is 15.4. The predicted octanol–water partition coefficient (Wildman–Crippen LogP) is 2.31. The zero-order valence-electron chi connectivity index (χ0n) is 12.1. The minimum atomic E-state index is -0.211. The van der Waals surface area contributed by atoms with Gasteiger partial charge in [0.05, 0.1) is 0 Å². The van der Waals surface area contributed by atoms with Crippen molar-refractivity contribution >= 4 is 0 Å². The number of piperidine rings is 1. The molecule has 1 saturated heterocycles. The molecule has 20 heavy (non-hydrogen) atoms. The maximum Gasteiger partial charge on any atom is 0.123 e. The summed E-state index contributed by atoms with van der Waals surface area (Å²) >= 11 is 0. The normalized spacial score (nSPS) is 23.5. The quantitative estimate of drug-likeness (QED) is 0.870. The van der Waals surface area contributed by atoms with Crippen LogP contribution in [0.3, 0.4) is 0 Å². The molecule has 0 saturated carbocycles. The Morgan fingerprint density at radius 1 is 1.50 bits per heavy atom. The molecule has 3 unspecified atom stereocenters. The highest BCUT2D eigenvalue weighted by atomic mass is 19.1. The lowest BCUT2D eigenvalue weighted by Crippen LogP contribution is -2.44. The van der Waals surface area contributed by atoms with E-state index in [1.807, 2.05) is 13.0 Å². The molecule has 0 bridgehead atoms. The van der Waals surface area contributed by atoms with Gasteiger partial charge in [0.15, 0.2) is 0 Å². The molecule has 0 amide bonds. The SMILES string of the molecule is CC(N)C(c1cccc(F)c1)N1CCCC(CCO)C1. The summed E-state index contributed by atoms with van der Waals surface area (Å²) in [7, 11) is 0. The summed E-state index contributed by atoms with van der Waals surface area (Å²) < 4.78 is 13.5. The molecule has 1 aliphatic heterocycles. The minimum Gasteiger partial charge on any atom is -0.396 e. The maximum atomic E-state index is 13.5. The van der Waals surface area contributed by atoms with Gasteiger partial charge < -0.3 is 10.8 Å². The number of nitrogens with zero attached hydrogens (tertiary/aromatic N) is 1. The first-order valence-corrected chi connectivity index (χ1v) is 7.47. The predicted molar refractivity (Wildman–Crippen MR) is 78.8 cm³/mol. The van der Waals surface area contributed by atoms with Crippen LogP contribution in [-0.2, 0) is 0 Å². The fraction of sp³-hybridized carbons (Fsp3) is 0.625. The van der Waals surface area contributed by atoms with Crippen molar-refractivity contribution in [2.24, 2.45) is 11.7 Å². The van der Waals surface area contributed by atoms with Gasteiger partial charge in [0, 0.05) is 25.2 Å². The van der Waals surface area contributed by atoms with E-state index in [0.717, 1.165) is 37.9 Å². The molecule has 1 aliphatic rings. The van der Waals surface area contributed by atoms with Crippen LogP contribution in [-0.4, -0.2) is 35.7 Å². The zero-order chi connectivity index (χ0) is 14.5. The van der Waals surface area contributed by atoms with Crippen molar-refractivity contribution in [2.75, 3.05) is 19.7 Å². The lowest BCUT2D eigenvalue weighted by molar-refractivity contribution is 0.0966. The Balaban J connectivity index is 2.16. The van der Waals surface area contributed by atoms with E-state index in [-0.39, 0.29) is 24.5 Å². The Kier molecular flexibility index (Phi) is 5.52. The van der Waals surface area contributed by atoms with Crippen LogP contribution < -0.4 is 5.73 Å². The van der Waals surface area contributed by atoms with Gasteiger partial charge in [0.1, 0.15) is 5.82 Å². The largest absolute Gasteiger partial charge is 0.396 e. The van der Waals surface area contributed by atoms with Crippen LogP contribution in [0.5, 0.6) is 0 Å². The molecule has 3 nitrogen and oxygen atoms in total. The van der Waals surface area contributed by atoms with Gasteiger partial charge in [-0.1, -0.05) is 12.1 Å². The third-order valence-electron chi connectivity index (χ3n) is 4.17. The van der Waals surface area contributed by atoms with E-state index in [0.29, 0.717) is 5.92 Å². The van der Waals surface area contributed by atoms with Crippen LogP contribution >= 0.6 is 0 Å². The van der Waals surface area contributed by atoms with E-state index in [1.165, 1.54) is 6.07 Å². The van der Waals surface area contributed by atoms with Crippen molar-refractivity contribution < 1.29 is 9.50 Å². The van der Waals surface area contributed by atoms with Crippen molar-refractivity contribution in [3.63, 3.8) is 0 Å². The molecular weight excluding hydrogens is 255 g/mol. The van der Waals surface area contributed by atoms with Gasteiger partial charge in [-0.3, -0.25) is 4.90 Å². The fourth-order valence-electron chi connectivity index (χ4n) is 3.31. The molecule has 4 heteroatoms. The van der Waals surface area contributed by atoms with Crippen LogP contribution in [0.1, 0.15) is 37.8 Å². The van der Waals surface area contributed by atoms with Gasteiger partial charge in [-0.05, 0) is 56.3 Å². The monoisotopic (exact) mass is 280 g/mol. The Bertz CT molecular complexity index is 423. The summed E-state index contributed by atoms with van der Waals surface area (Å²) in [6, 6.07) is 6.75. The molecule has 0 aliphatic carbocycles. The van der Waals surface area contributed by atoms with Crippen molar-refractivity contribution in [2.45, 2.75) is 38.3 Å². The Hall–Kier alpha value is -0.970. The van der Waals surface area contributed by atoms with Crippen LogP contribution in [0.15, 0.2) is 24.3 Å². The summed E-state index contributed by atoms with van der Waals surface area (Å²) in [6.07, 6.45) is 3.11. The van der Waals surface area contributed by atoms with E-state index in [9.17, 15) is 4.39 Å². The summed E-state index contributed by atoms with van der Waals surface area (Å²) in [6.45, 7) is 4.14. The number of benzene rings is 1. The van der Waals surface area contributed by atoms with Crippen LogP contribution in [0.2, 0.25) is 0 Å². The molecule has 1 fully saturated rings. The Morgan fingerprint density at radius 2 is 2.30 bits per heavy atom. The minimum absolute atomic E-state index is 0.0483. The molecule has 0 aromatic heterocycles. The molecule has 0 radical (unpaired) electrons. The first-order valence-electron chi connectivity index (χ1n) is 7.47. The van der Waals surface area contributed by atoms with E-state index >= 15 is 0 Å². The number of aliphatic hydroxyl groups is 1. The second-order valence-electron chi connectivity index (χ2n) is 5.87. The number of aliphatic hydroxyl groups excluding tert-OH is 1. The number of hydrogen-bond acceptors (Lipinski definition) is 3.